The van der Waals surface area contributed by atoms with E-state index in [1.165, 1.54) is 6.42 Å². The van der Waals surface area contributed by atoms with Gasteiger partial charge in [-0.15, -0.1) is 0 Å². The summed E-state index contributed by atoms with van der Waals surface area (Å²) in [5.41, 5.74) is 0. The molecule has 0 aromatic carbocycles. The lowest BCUT2D eigenvalue weighted by Crippen LogP contribution is -2.39. The largest absolute Gasteiger partial charge is 0.381 e. The molecular weight excluding hydrogens is 164 g/mol. The van der Waals surface area contributed by atoms with Crippen molar-refractivity contribution in [3.05, 3.63) is 0 Å². The molecule has 78 valence electrons. The molecule has 0 aromatic heterocycles. The molecule has 0 aliphatic carbocycles. The van der Waals surface area contributed by atoms with Gasteiger partial charge in [-0.2, -0.15) is 0 Å². The maximum atomic E-state index is 5.39. The lowest BCUT2D eigenvalue weighted by Gasteiger charge is -2.28. The second-order valence-corrected chi connectivity index (χ2v) is 3.95. The van der Waals surface area contributed by atoms with E-state index in [2.05, 4.69) is 24.2 Å². The quantitative estimate of drug-likeness (QED) is 0.679. The van der Waals surface area contributed by atoms with Gasteiger partial charge < -0.3 is 15.0 Å². The Hall–Kier alpha value is -0.120. The molecule has 13 heavy (non-hydrogen) atoms. The number of rotatable bonds is 5. The molecule has 0 bridgehead atoms. The van der Waals surface area contributed by atoms with Crippen molar-refractivity contribution < 1.29 is 4.74 Å². The lowest BCUT2D eigenvalue weighted by molar-refractivity contribution is 0.146. The Balaban J connectivity index is 2.23. The number of hydrogen-bond acceptors (Lipinski definition) is 3. The standard InChI is InChI=1S/C10H22N2O/c1-9(10-4-7-13-8-10)12(3)6-5-11-2/h9-11H,4-8H2,1-3H3. The highest BCUT2D eigenvalue weighted by Crippen LogP contribution is 2.19. The van der Waals surface area contributed by atoms with Crippen LogP contribution in [0.25, 0.3) is 0 Å². The van der Waals surface area contributed by atoms with Crippen molar-refractivity contribution >= 4 is 0 Å². The smallest absolute Gasteiger partial charge is 0.0509 e. The average Bonchev–Trinajstić information content (AvgIpc) is 2.65. The van der Waals surface area contributed by atoms with Crippen LogP contribution in [0.3, 0.4) is 0 Å². The summed E-state index contributed by atoms with van der Waals surface area (Å²) in [6.07, 6.45) is 1.23. The molecule has 0 amide bonds. The van der Waals surface area contributed by atoms with Crippen LogP contribution in [-0.4, -0.2) is 51.3 Å². The number of likely N-dealkylation sites (N-methyl/N-ethyl adjacent to an activating group) is 2. The summed E-state index contributed by atoms with van der Waals surface area (Å²) in [4.78, 5) is 2.41. The molecule has 1 saturated heterocycles. The number of nitrogens with one attached hydrogen (secondary N) is 1. The molecular formula is C10H22N2O. The first-order chi connectivity index (χ1) is 6.25. The van der Waals surface area contributed by atoms with E-state index in [-0.39, 0.29) is 0 Å². The minimum absolute atomic E-state index is 0.649. The summed E-state index contributed by atoms with van der Waals surface area (Å²) in [5, 5.41) is 3.17. The summed E-state index contributed by atoms with van der Waals surface area (Å²) in [6.45, 7) is 6.39. The molecule has 0 spiro atoms. The van der Waals surface area contributed by atoms with Gasteiger partial charge in [-0.3, -0.25) is 0 Å². The van der Waals surface area contributed by atoms with Crippen LogP contribution in [0.15, 0.2) is 0 Å². The summed E-state index contributed by atoms with van der Waals surface area (Å²) in [6, 6.07) is 0.649. The molecule has 0 aromatic rings. The van der Waals surface area contributed by atoms with Crippen molar-refractivity contribution in [1.82, 2.24) is 10.2 Å². The van der Waals surface area contributed by atoms with Gasteiger partial charge in [0.1, 0.15) is 0 Å². The fourth-order valence-electron chi connectivity index (χ4n) is 1.78. The van der Waals surface area contributed by atoms with Crippen molar-refractivity contribution in [2.75, 3.05) is 40.4 Å². The molecule has 0 saturated carbocycles. The Labute approximate surface area is 81.4 Å². The summed E-state index contributed by atoms with van der Waals surface area (Å²) in [7, 11) is 4.19. The molecule has 3 heteroatoms. The molecule has 1 aliphatic heterocycles. The van der Waals surface area contributed by atoms with Crippen LogP contribution in [0.2, 0.25) is 0 Å². The molecule has 2 unspecified atom stereocenters. The van der Waals surface area contributed by atoms with Crippen molar-refractivity contribution in [1.29, 1.82) is 0 Å². The summed E-state index contributed by atoms with van der Waals surface area (Å²) in [5.74, 6) is 0.738. The molecule has 1 rings (SSSR count). The van der Waals surface area contributed by atoms with E-state index in [4.69, 9.17) is 4.74 Å². The Bertz CT molecular complexity index is 135. The fourth-order valence-corrected chi connectivity index (χ4v) is 1.78. The van der Waals surface area contributed by atoms with E-state index >= 15 is 0 Å². The van der Waals surface area contributed by atoms with Crippen LogP contribution in [0.1, 0.15) is 13.3 Å². The van der Waals surface area contributed by atoms with E-state index in [1.807, 2.05) is 7.05 Å². The highest BCUT2D eigenvalue weighted by atomic mass is 16.5. The third kappa shape index (κ3) is 3.25. The molecule has 3 nitrogen and oxygen atoms in total. The normalized spacial score (nSPS) is 25.4. The predicted octanol–water partition coefficient (Wildman–Crippen LogP) is 0.563. The zero-order valence-electron chi connectivity index (χ0n) is 9.05. The molecule has 1 N–H and O–H groups in total. The van der Waals surface area contributed by atoms with E-state index in [0.717, 1.165) is 32.2 Å². The Kier molecular flexibility index (Phi) is 4.70. The fraction of sp³-hybridized carbons (Fsp3) is 1.00. The van der Waals surface area contributed by atoms with E-state index < -0.39 is 0 Å². The van der Waals surface area contributed by atoms with Gasteiger partial charge in [0, 0.05) is 25.7 Å². The molecule has 0 radical (unpaired) electrons. The number of hydrogen-bond donors (Lipinski definition) is 1. The van der Waals surface area contributed by atoms with Gasteiger partial charge in [0.2, 0.25) is 0 Å². The number of ether oxygens (including phenoxy) is 1. The predicted molar refractivity (Wildman–Crippen MR) is 54.9 cm³/mol. The van der Waals surface area contributed by atoms with Crippen LogP contribution < -0.4 is 5.32 Å². The number of nitrogens with zero attached hydrogens (tertiary/aromatic N) is 1. The van der Waals surface area contributed by atoms with Gasteiger partial charge in [0.25, 0.3) is 0 Å². The van der Waals surface area contributed by atoms with Gasteiger partial charge in [0.15, 0.2) is 0 Å². The van der Waals surface area contributed by atoms with Crippen molar-refractivity contribution in [2.24, 2.45) is 5.92 Å². The first-order valence-corrected chi connectivity index (χ1v) is 5.18. The average molecular weight is 186 g/mol. The van der Waals surface area contributed by atoms with E-state index in [9.17, 15) is 0 Å². The Morgan fingerprint density at radius 2 is 2.38 bits per heavy atom. The molecule has 2 atom stereocenters. The minimum atomic E-state index is 0.649. The molecule has 1 aliphatic rings. The third-order valence-corrected chi connectivity index (χ3v) is 3.06. The van der Waals surface area contributed by atoms with Crippen LogP contribution in [-0.2, 0) is 4.74 Å². The van der Waals surface area contributed by atoms with Crippen LogP contribution in [0.5, 0.6) is 0 Å². The highest BCUT2D eigenvalue weighted by Gasteiger charge is 2.24. The van der Waals surface area contributed by atoms with Crippen LogP contribution >= 0.6 is 0 Å². The topological polar surface area (TPSA) is 24.5 Å². The van der Waals surface area contributed by atoms with Gasteiger partial charge in [-0.25, -0.2) is 0 Å². The van der Waals surface area contributed by atoms with Crippen LogP contribution in [0.4, 0.5) is 0 Å². The van der Waals surface area contributed by atoms with Crippen LogP contribution in [0, 0.1) is 5.92 Å². The first kappa shape index (κ1) is 11.0. The zero-order chi connectivity index (χ0) is 9.68. The Morgan fingerprint density at radius 3 is 2.92 bits per heavy atom. The zero-order valence-corrected chi connectivity index (χ0v) is 9.05. The Morgan fingerprint density at radius 1 is 1.62 bits per heavy atom. The second-order valence-electron chi connectivity index (χ2n) is 3.95. The van der Waals surface area contributed by atoms with Crippen molar-refractivity contribution in [3.8, 4) is 0 Å². The van der Waals surface area contributed by atoms with Crippen molar-refractivity contribution in [2.45, 2.75) is 19.4 Å². The SMILES string of the molecule is CNCCN(C)C(C)C1CCOC1. The summed E-state index contributed by atoms with van der Waals surface area (Å²) < 4.78 is 5.39. The van der Waals surface area contributed by atoms with E-state index in [1.54, 1.807) is 0 Å². The van der Waals surface area contributed by atoms with Gasteiger partial charge in [0.05, 0.1) is 6.61 Å². The maximum Gasteiger partial charge on any atom is 0.0509 e. The molecule has 1 heterocycles. The van der Waals surface area contributed by atoms with E-state index in [0.29, 0.717) is 6.04 Å². The second kappa shape index (κ2) is 5.58. The third-order valence-electron chi connectivity index (χ3n) is 3.06. The maximum absolute atomic E-state index is 5.39. The summed E-state index contributed by atoms with van der Waals surface area (Å²) >= 11 is 0. The monoisotopic (exact) mass is 186 g/mol. The van der Waals surface area contributed by atoms with Gasteiger partial charge >= 0.3 is 0 Å². The minimum Gasteiger partial charge on any atom is -0.381 e. The van der Waals surface area contributed by atoms with Gasteiger partial charge in [-0.1, -0.05) is 0 Å². The lowest BCUT2D eigenvalue weighted by atomic mass is 10.00. The highest BCUT2D eigenvalue weighted by molar-refractivity contribution is 4.76. The first-order valence-electron chi connectivity index (χ1n) is 5.18. The molecule has 1 fully saturated rings. The van der Waals surface area contributed by atoms with Crippen molar-refractivity contribution in [3.63, 3.8) is 0 Å². The van der Waals surface area contributed by atoms with Gasteiger partial charge in [-0.05, 0) is 33.4 Å².